The second-order valence-corrected chi connectivity index (χ2v) is 7.53. The SMILES string of the molecule is CN(C1=C2C=CNC2NC(=O)N1)C1C(C=O)C(O)(O)C(O)(O)N(C(=O)C(O)(O)C#N)C1(O)O. The van der Waals surface area contributed by atoms with Crippen LogP contribution in [0.3, 0.4) is 0 Å². The first-order valence-electron chi connectivity index (χ1n) is 9.03. The highest BCUT2D eigenvalue weighted by Gasteiger charge is 2.75. The molecule has 1 fully saturated rings. The van der Waals surface area contributed by atoms with Crippen LogP contribution in [0.15, 0.2) is 23.7 Å². The normalized spacial score (nSPS) is 29.3. The van der Waals surface area contributed by atoms with Crippen molar-refractivity contribution in [2.45, 2.75) is 35.6 Å². The Morgan fingerprint density at radius 2 is 1.88 bits per heavy atom. The number of nitriles is 1. The summed E-state index contributed by atoms with van der Waals surface area (Å²) < 4.78 is 0. The van der Waals surface area contributed by atoms with Crippen LogP contribution in [0.4, 0.5) is 4.79 Å². The van der Waals surface area contributed by atoms with Gasteiger partial charge in [0.15, 0.2) is 0 Å². The van der Waals surface area contributed by atoms with E-state index in [1.165, 1.54) is 12.3 Å². The van der Waals surface area contributed by atoms with Gasteiger partial charge in [-0.3, -0.25) is 10.1 Å². The number of rotatable bonds is 4. The Kier molecular flexibility index (Phi) is 5.41. The van der Waals surface area contributed by atoms with Crippen molar-refractivity contribution in [1.82, 2.24) is 25.8 Å². The van der Waals surface area contributed by atoms with E-state index in [9.17, 15) is 55.2 Å². The fourth-order valence-electron chi connectivity index (χ4n) is 3.91. The fraction of sp³-hybridized carbons (Fsp3) is 0.500. The highest BCUT2D eigenvalue weighted by molar-refractivity contribution is 5.87. The molecule has 0 spiro atoms. The van der Waals surface area contributed by atoms with Crippen LogP contribution in [0.25, 0.3) is 0 Å². The minimum absolute atomic E-state index is 0.234. The van der Waals surface area contributed by atoms with Gasteiger partial charge in [-0.2, -0.15) is 5.26 Å². The average molecular weight is 472 g/mol. The molecule has 17 nitrogen and oxygen atoms in total. The molecular weight excluding hydrogens is 452 g/mol. The summed E-state index contributed by atoms with van der Waals surface area (Å²) in [6.45, 7) is 0. The zero-order valence-corrected chi connectivity index (χ0v) is 16.6. The lowest BCUT2D eigenvalue weighted by Crippen LogP contribution is -2.86. The number of carbonyl (C=O) groups is 3. The summed E-state index contributed by atoms with van der Waals surface area (Å²) in [5, 5.41) is 98.3. The van der Waals surface area contributed by atoms with Gasteiger partial charge in [0, 0.05) is 12.6 Å². The Labute approximate surface area is 183 Å². The van der Waals surface area contributed by atoms with Crippen molar-refractivity contribution in [3.63, 3.8) is 0 Å². The highest BCUT2D eigenvalue weighted by Crippen LogP contribution is 2.45. The van der Waals surface area contributed by atoms with E-state index in [0.29, 0.717) is 11.0 Å². The quantitative estimate of drug-likeness (QED) is 0.103. The zero-order chi connectivity index (χ0) is 25.1. The van der Waals surface area contributed by atoms with E-state index < -0.39 is 58.4 Å². The summed E-state index contributed by atoms with van der Waals surface area (Å²) in [6, 6.07) is -2.58. The third-order valence-electron chi connectivity index (χ3n) is 5.53. The van der Waals surface area contributed by atoms with Gasteiger partial charge < -0.3 is 61.2 Å². The van der Waals surface area contributed by atoms with Crippen LogP contribution in [0, 0.1) is 17.2 Å². The minimum atomic E-state index is -4.45. The molecule has 0 aliphatic carbocycles. The zero-order valence-electron chi connectivity index (χ0n) is 16.6. The lowest BCUT2D eigenvalue weighted by atomic mass is 9.79. The number of fused-ring (bicyclic) bond motifs is 1. The Balaban J connectivity index is 2.22. The number of piperidine rings is 1. The molecule has 0 aromatic carbocycles. The molecule has 33 heavy (non-hydrogen) atoms. The molecule has 3 aliphatic rings. The third kappa shape index (κ3) is 3.29. The van der Waals surface area contributed by atoms with Crippen molar-refractivity contribution in [1.29, 1.82) is 5.26 Å². The van der Waals surface area contributed by atoms with Crippen LogP contribution < -0.4 is 16.0 Å². The molecule has 3 aliphatic heterocycles. The smallest absolute Gasteiger partial charge is 0.336 e. The summed E-state index contributed by atoms with van der Waals surface area (Å²) in [6.07, 6.45) is 1.68. The molecule has 3 atom stereocenters. The van der Waals surface area contributed by atoms with E-state index in [-0.39, 0.29) is 17.7 Å². The van der Waals surface area contributed by atoms with E-state index in [1.54, 1.807) is 0 Å². The van der Waals surface area contributed by atoms with Crippen molar-refractivity contribution in [2.75, 3.05) is 7.05 Å². The third-order valence-corrected chi connectivity index (χ3v) is 5.53. The van der Waals surface area contributed by atoms with Gasteiger partial charge in [-0.15, -0.1) is 0 Å². The standard InChI is InChI=1S/C16H20N6O11/c1-21(10-6-2-3-18-9(6)19-12(25)20-10)8-7(4-23)14(28,29)16(32,33)22(15(8,30)31)11(24)13(26,27)5-17/h2-4,7-9,18,26-33H,1H3,(H2,19,20,25). The number of nitrogens with one attached hydrogen (secondary N) is 3. The summed E-state index contributed by atoms with van der Waals surface area (Å²) >= 11 is 0. The van der Waals surface area contributed by atoms with Crippen LogP contribution in [0.1, 0.15) is 0 Å². The monoisotopic (exact) mass is 472 g/mol. The first kappa shape index (κ1) is 24.3. The maximum atomic E-state index is 12.5. The van der Waals surface area contributed by atoms with Crippen LogP contribution in [0.5, 0.6) is 0 Å². The second kappa shape index (κ2) is 7.34. The van der Waals surface area contributed by atoms with Crippen molar-refractivity contribution >= 4 is 18.2 Å². The molecular formula is C16H20N6O11. The predicted molar refractivity (Wildman–Crippen MR) is 97.0 cm³/mol. The number of hydrogen-bond acceptors (Lipinski definition) is 14. The Morgan fingerprint density at radius 3 is 2.42 bits per heavy atom. The minimum Gasteiger partial charge on any atom is -0.367 e. The molecule has 1 saturated heterocycles. The number of carbonyl (C=O) groups excluding carboxylic acids is 3. The molecule has 0 aromatic heterocycles. The van der Waals surface area contributed by atoms with Crippen molar-refractivity contribution in [3.8, 4) is 6.07 Å². The first-order valence-corrected chi connectivity index (χ1v) is 9.03. The van der Waals surface area contributed by atoms with Gasteiger partial charge in [0.05, 0.1) is 0 Å². The van der Waals surface area contributed by atoms with E-state index in [4.69, 9.17) is 5.26 Å². The van der Waals surface area contributed by atoms with Crippen molar-refractivity contribution in [3.05, 3.63) is 23.7 Å². The molecule has 0 saturated carbocycles. The van der Waals surface area contributed by atoms with Gasteiger partial charge >= 0.3 is 23.6 Å². The number of amides is 3. The second-order valence-electron chi connectivity index (χ2n) is 7.53. The molecule has 3 rings (SSSR count). The number of hydrogen-bond donors (Lipinski definition) is 11. The van der Waals surface area contributed by atoms with Crippen LogP contribution in [-0.2, 0) is 9.59 Å². The molecule has 180 valence electrons. The lowest BCUT2D eigenvalue weighted by Gasteiger charge is -2.59. The predicted octanol–water partition coefficient (Wildman–Crippen LogP) is -6.93. The molecule has 0 bridgehead atoms. The van der Waals surface area contributed by atoms with Gasteiger partial charge in [0.2, 0.25) is 0 Å². The number of aldehydes is 1. The Bertz CT molecular complexity index is 997. The van der Waals surface area contributed by atoms with Crippen molar-refractivity contribution in [2.24, 2.45) is 5.92 Å². The molecule has 3 heterocycles. The van der Waals surface area contributed by atoms with E-state index in [2.05, 4.69) is 16.0 Å². The molecule has 17 heteroatoms. The van der Waals surface area contributed by atoms with Crippen LogP contribution in [-0.4, -0.2) is 112 Å². The highest BCUT2D eigenvalue weighted by atomic mass is 16.7. The summed E-state index contributed by atoms with van der Waals surface area (Å²) in [4.78, 5) is 36.0. The maximum Gasteiger partial charge on any atom is 0.336 e. The topological polar surface area (TPSA) is 279 Å². The summed E-state index contributed by atoms with van der Waals surface area (Å²) in [5.41, 5.74) is 0.234. The van der Waals surface area contributed by atoms with Gasteiger partial charge in [-0.05, 0) is 12.3 Å². The Hall–Kier alpha value is -3.34. The van der Waals surface area contributed by atoms with Gasteiger partial charge in [0.25, 0.3) is 11.7 Å². The van der Waals surface area contributed by atoms with Gasteiger partial charge in [-0.25, -0.2) is 9.69 Å². The molecule has 3 unspecified atom stereocenters. The van der Waals surface area contributed by atoms with E-state index in [1.807, 2.05) is 0 Å². The van der Waals surface area contributed by atoms with Crippen LogP contribution >= 0.6 is 0 Å². The molecule has 11 N–H and O–H groups in total. The molecule has 0 aromatic rings. The average Bonchev–Trinajstić information content (AvgIpc) is 3.17. The number of aliphatic hydroxyl groups is 8. The first-order chi connectivity index (χ1) is 15.1. The molecule has 3 amide bonds. The summed E-state index contributed by atoms with van der Waals surface area (Å²) in [5.74, 6) is -21.9. The van der Waals surface area contributed by atoms with Gasteiger partial charge in [0.1, 0.15) is 36.3 Å². The lowest BCUT2D eigenvalue weighted by molar-refractivity contribution is -0.499. The fourth-order valence-corrected chi connectivity index (χ4v) is 3.91. The largest absolute Gasteiger partial charge is 0.367 e. The van der Waals surface area contributed by atoms with E-state index in [0.717, 1.165) is 7.05 Å². The summed E-state index contributed by atoms with van der Waals surface area (Å²) in [7, 11) is 1.01. The number of likely N-dealkylation sites (tertiary alicyclic amines) is 1. The van der Waals surface area contributed by atoms with Crippen LogP contribution in [0.2, 0.25) is 0 Å². The van der Waals surface area contributed by atoms with E-state index >= 15 is 0 Å². The number of nitrogens with zero attached hydrogens (tertiary/aromatic N) is 3. The number of urea groups is 1. The van der Waals surface area contributed by atoms with Gasteiger partial charge in [-0.1, -0.05) is 0 Å². The maximum absolute atomic E-state index is 12.5. The molecule has 0 radical (unpaired) electrons. The van der Waals surface area contributed by atoms with Crippen molar-refractivity contribution < 1.29 is 55.2 Å². The number of likely N-dealkylation sites (N-methyl/N-ethyl adjacent to an activating group) is 1. The Morgan fingerprint density at radius 1 is 1.27 bits per heavy atom.